The first kappa shape index (κ1) is 20.1. The molecule has 0 radical (unpaired) electrons. The molecule has 5 nitrogen and oxygen atoms in total. The summed E-state index contributed by atoms with van der Waals surface area (Å²) in [5.41, 5.74) is -1.21. The van der Waals surface area contributed by atoms with Crippen LogP contribution in [0.2, 0.25) is 0 Å². The average molecular weight is 372 g/mol. The van der Waals surface area contributed by atoms with E-state index in [-0.39, 0.29) is 17.5 Å². The summed E-state index contributed by atoms with van der Waals surface area (Å²) < 4.78 is 43.2. The predicted molar refractivity (Wildman–Crippen MR) is 89.7 cm³/mol. The number of alkyl halides is 3. The fourth-order valence-corrected chi connectivity index (χ4v) is 2.72. The maximum Gasteiger partial charge on any atom is 0.416 e. The van der Waals surface area contributed by atoms with Crippen LogP contribution in [-0.4, -0.2) is 53.1 Å². The molecule has 0 bridgehead atoms. The van der Waals surface area contributed by atoms with Gasteiger partial charge in [-0.2, -0.15) is 13.2 Å². The molecule has 1 aliphatic rings. The molecule has 0 aliphatic carbocycles. The third-order valence-electron chi connectivity index (χ3n) is 4.00. The van der Waals surface area contributed by atoms with Crippen LogP contribution in [0.4, 0.5) is 18.0 Å². The van der Waals surface area contributed by atoms with Gasteiger partial charge in [-0.15, -0.1) is 0 Å². The Morgan fingerprint density at radius 2 is 1.65 bits per heavy atom. The van der Waals surface area contributed by atoms with E-state index >= 15 is 0 Å². The molecule has 144 valence electrons. The van der Waals surface area contributed by atoms with Crippen molar-refractivity contribution < 1.29 is 27.5 Å². The number of hydrogen-bond acceptors (Lipinski definition) is 3. The number of benzene rings is 1. The van der Waals surface area contributed by atoms with Crippen molar-refractivity contribution in [2.75, 3.05) is 19.6 Å². The first-order chi connectivity index (χ1) is 11.9. The van der Waals surface area contributed by atoms with E-state index in [0.717, 1.165) is 12.1 Å². The molecule has 0 unspecified atom stereocenters. The Morgan fingerprint density at radius 1 is 1.08 bits per heavy atom. The van der Waals surface area contributed by atoms with Crippen molar-refractivity contribution >= 4 is 12.0 Å². The Kier molecular flexibility index (Phi) is 5.53. The summed E-state index contributed by atoms with van der Waals surface area (Å²) >= 11 is 0. The van der Waals surface area contributed by atoms with Crippen LogP contribution in [0.5, 0.6) is 0 Å². The normalized spacial score (nSPS) is 18.7. The van der Waals surface area contributed by atoms with Crippen LogP contribution in [0.3, 0.4) is 0 Å². The maximum absolute atomic E-state index is 12.6. The largest absolute Gasteiger partial charge is 0.444 e. The summed E-state index contributed by atoms with van der Waals surface area (Å²) in [6.45, 7) is 8.03. The second-order valence-corrected chi connectivity index (χ2v) is 7.35. The van der Waals surface area contributed by atoms with Gasteiger partial charge >= 0.3 is 12.3 Å². The van der Waals surface area contributed by atoms with Crippen LogP contribution in [0.1, 0.15) is 43.6 Å². The number of hydrogen-bond donors (Lipinski definition) is 0. The molecule has 1 aliphatic heterocycles. The second kappa shape index (κ2) is 7.17. The smallest absolute Gasteiger partial charge is 0.416 e. The molecule has 2 rings (SSSR count). The van der Waals surface area contributed by atoms with Gasteiger partial charge in [0, 0.05) is 31.2 Å². The summed E-state index contributed by atoms with van der Waals surface area (Å²) in [4.78, 5) is 27.8. The van der Waals surface area contributed by atoms with Crippen LogP contribution in [0.15, 0.2) is 24.3 Å². The highest BCUT2D eigenvalue weighted by Crippen LogP contribution is 2.29. The lowest BCUT2D eigenvalue weighted by molar-refractivity contribution is -0.137. The third kappa shape index (κ3) is 4.89. The SMILES string of the molecule is C[C@H]1CN(C(=O)OC(C)(C)C)CCN1C(=O)c1ccc(C(F)(F)F)cc1. The summed E-state index contributed by atoms with van der Waals surface area (Å²) in [6.07, 6.45) is -4.88. The highest BCUT2D eigenvalue weighted by molar-refractivity contribution is 5.94. The first-order valence-corrected chi connectivity index (χ1v) is 8.34. The number of piperazine rings is 1. The molecule has 1 aromatic carbocycles. The van der Waals surface area contributed by atoms with Gasteiger partial charge in [0.2, 0.25) is 0 Å². The highest BCUT2D eigenvalue weighted by atomic mass is 19.4. The average Bonchev–Trinajstić information content (AvgIpc) is 2.52. The van der Waals surface area contributed by atoms with Gasteiger partial charge in [0.1, 0.15) is 5.60 Å². The molecule has 0 aromatic heterocycles. The standard InChI is InChI=1S/C18H23F3N2O3/c1-12-11-22(16(25)26-17(2,3)4)9-10-23(12)15(24)13-5-7-14(8-6-13)18(19,20)21/h5-8,12H,9-11H2,1-4H3/t12-/m0/s1. The molecular weight excluding hydrogens is 349 g/mol. The number of amides is 2. The topological polar surface area (TPSA) is 49.9 Å². The second-order valence-electron chi connectivity index (χ2n) is 7.35. The van der Waals surface area contributed by atoms with E-state index in [1.165, 1.54) is 17.0 Å². The number of nitrogens with zero attached hydrogens (tertiary/aromatic N) is 2. The van der Waals surface area contributed by atoms with E-state index in [0.29, 0.717) is 19.6 Å². The number of carbonyl (C=O) groups is 2. The lowest BCUT2D eigenvalue weighted by Gasteiger charge is -2.40. The third-order valence-corrected chi connectivity index (χ3v) is 4.00. The van der Waals surface area contributed by atoms with E-state index < -0.39 is 23.4 Å². The Bertz CT molecular complexity index is 666. The van der Waals surface area contributed by atoms with Crippen LogP contribution in [0, 0.1) is 0 Å². The van der Waals surface area contributed by atoms with Gasteiger partial charge in [-0.25, -0.2) is 4.79 Å². The van der Waals surface area contributed by atoms with Crippen molar-refractivity contribution in [3.05, 3.63) is 35.4 Å². The minimum absolute atomic E-state index is 0.190. The fraction of sp³-hybridized carbons (Fsp3) is 0.556. The number of ether oxygens (including phenoxy) is 1. The van der Waals surface area contributed by atoms with Crippen LogP contribution in [0.25, 0.3) is 0 Å². The van der Waals surface area contributed by atoms with Crippen molar-refractivity contribution in [2.45, 2.75) is 45.5 Å². The number of carbonyl (C=O) groups excluding carboxylic acids is 2. The van der Waals surface area contributed by atoms with E-state index in [1.54, 1.807) is 32.6 Å². The summed E-state index contributed by atoms with van der Waals surface area (Å²) in [6, 6.07) is 3.88. The van der Waals surface area contributed by atoms with E-state index in [4.69, 9.17) is 4.74 Å². The molecule has 1 saturated heterocycles. The fourth-order valence-electron chi connectivity index (χ4n) is 2.72. The zero-order chi connectivity index (χ0) is 19.7. The summed E-state index contributed by atoms with van der Waals surface area (Å²) in [5, 5.41) is 0. The molecule has 0 spiro atoms. The van der Waals surface area contributed by atoms with Gasteiger partial charge in [-0.05, 0) is 52.0 Å². The van der Waals surface area contributed by atoms with E-state index in [9.17, 15) is 22.8 Å². The molecule has 8 heteroatoms. The maximum atomic E-state index is 12.6. The van der Waals surface area contributed by atoms with Crippen molar-refractivity contribution in [1.29, 1.82) is 0 Å². The quantitative estimate of drug-likeness (QED) is 0.754. The molecular formula is C18H23F3N2O3. The van der Waals surface area contributed by atoms with Crippen LogP contribution < -0.4 is 0 Å². The first-order valence-electron chi connectivity index (χ1n) is 8.34. The van der Waals surface area contributed by atoms with E-state index in [2.05, 4.69) is 0 Å². The van der Waals surface area contributed by atoms with Crippen LogP contribution in [-0.2, 0) is 10.9 Å². The van der Waals surface area contributed by atoms with Gasteiger partial charge in [0.25, 0.3) is 5.91 Å². The van der Waals surface area contributed by atoms with Gasteiger partial charge in [-0.1, -0.05) is 0 Å². The zero-order valence-electron chi connectivity index (χ0n) is 15.3. The number of halogens is 3. The van der Waals surface area contributed by atoms with Crippen molar-refractivity contribution in [3.63, 3.8) is 0 Å². The lowest BCUT2D eigenvalue weighted by atomic mass is 10.1. The lowest BCUT2D eigenvalue weighted by Crippen LogP contribution is -2.56. The zero-order valence-corrected chi connectivity index (χ0v) is 15.3. The molecule has 1 heterocycles. The van der Waals surface area contributed by atoms with Crippen LogP contribution >= 0.6 is 0 Å². The van der Waals surface area contributed by atoms with Gasteiger partial charge in [0.05, 0.1) is 5.56 Å². The molecule has 0 N–H and O–H groups in total. The molecule has 1 atom stereocenters. The van der Waals surface area contributed by atoms with Gasteiger partial charge in [-0.3, -0.25) is 4.79 Å². The van der Waals surface area contributed by atoms with Gasteiger partial charge in [0.15, 0.2) is 0 Å². The molecule has 2 amide bonds. The van der Waals surface area contributed by atoms with Gasteiger partial charge < -0.3 is 14.5 Å². The van der Waals surface area contributed by atoms with E-state index in [1.807, 2.05) is 0 Å². The Labute approximate surface area is 150 Å². The molecule has 1 aromatic rings. The molecule has 0 saturated carbocycles. The minimum atomic E-state index is -4.44. The Balaban J connectivity index is 2.03. The summed E-state index contributed by atoms with van der Waals surface area (Å²) in [5.74, 6) is -0.352. The monoisotopic (exact) mass is 372 g/mol. The predicted octanol–water partition coefficient (Wildman–Crippen LogP) is 3.79. The van der Waals surface area contributed by atoms with Crippen molar-refractivity contribution in [2.24, 2.45) is 0 Å². The number of rotatable bonds is 1. The highest BCUT2D eigenvalue weighted by Gasteiger charge is 2.33. The minimum Gasteiger partial charge on any atom is -0.444 e. The summed E-state index contributed by atoms with van der Waals surface area (Å²) in [7, 11) is 0. The Hall–Kier alpha value is -2.25. The Morgan fingerprint density at radius 3 is 2.12 bits per heavy atom. The van der Waals surface area contributed by atoms with Crippen molar-refractivity contribution in [3.8, 4) is 0 Å². The molecule has 26 heavy (non-hydrogen) atoms. The van der Waals surface area contributed by atoms with Crippen molar-refractivity contribution in [1.82, 2.24) is 9.80 Å². The molecule has 1 fully saturated rings.